The molecule has 8 heteroatoms. The molecule has 2 atom stereocenters. The van der Waals surface area contributed by atoms with Crippen LogP contribution in [0.25, 0.3) is 0 Å². The summed E-state index contributed by atoms with van der Waals surface area (Å²) in [5.41, 5.74) is 0. The molecule has 23 heavy (non-hydrogen) atoms. The number of hydrogen-bond acceptors (Lipinski definition) is 4. The summed E-state index contributed by atoms with van der Waals surface area (Å²) in [7, 11) is 0. The third-order valence-electron chi connectivity index (χ3n) is 4.41. The van der Waals surface area contributed by atoms with Gasteiger partial charge in [-0.25, -0.2) is 0 Å². The van der Waals surface area contributed by atoms with Gasteiger partial charge in [-0.05, 0) is 45.6 Å². The second kappa shape index (κ2) is 9.08. The summed E-state index contributed by atoms with van der Waals surface area (Å²) in [5.74, 6) is -1.22. The van der Waals surface area contributed by atoms with Crippen molar-refractivity contribution in [1.82, 2.24) is 15.1 Å². The average molecular weight is 348 g/mol. The van der Waals surface area contributed by atoms with Crippen LogP contribution in [0.15, 0.2) is 0 Å². The Morgan fingerprint density at radius 3 is 2.39 bits per heavy atom. The van der Waals surface area contributed by atoms with Crippen LogP contribution < -0.4 is 5.32 Å². The minimum absolute atomic E-state index is 0. The van der Waals surface area contributed by atoms with Crippen molar-refractivity contribution in [1.29, 1.82) is 0 Å². The highest BCUT2D eigenvalue weighted by atomic mass is 35.5. The second-order valence-corrected chi connectivity index (χ2v) is 6.14. The van der Waals surface area contributed by atoms with Gasteiger partial charge in [0.15, 0.2) is 0 Å². The van der Waals surface area contributed by atoms with Gasteiger partial charge in [-0.3, -0.25) is 19.3 Å². The van der Waals surface area contributed by atoms with Crippen LogP contribution in [0, 0.1) is 0 Å². The van der Waals surface area contributed by atoms with Crippen molar-refractivity contribution in [3.8, 4) is 0 Å². The van der Waals surface area contributed by atoms with Crippen molar-refractivity contribution in [2.75, 3.05) is 26.2 Å². The third kappa shape index (κ3) is 5.35. The first-order valence-corrected chi connectivity index (χ1v) is 8.04. The minimum Gasteiger partial charge on any atom is -0.480 e. The zero-order chi connectivity index (χ0) is 16.1. The van der Waals surface area contributed by atoms with Crippen LogP contribution in [0.2, 0.25) is 0 Å². The number of carbonyl (C=O) groups excluding carboxylic acids is 2. The lowest BCUT2D eigenvalue weighted by molar-refractivity contribution is -0.143. The lowest BCUT2D eigenvalue weighted by Gasteiger charge is -2.29. The Balaban J connectivity index is 0.00000264. The first-order chi connectivity index (χ1) is 10.5. The highest BCUT2D eigenvalue weighted by Gasteiger charge is 2.32. The molecule has 2 N–H and O–H groups in total. The quantitative estimate of drug-likeness (QED) is 0.754. The number of likely N-dealkylation sites (tertiary alicyclic amines) is 2. The number of hydrogen-bond donors (Lipinski definition) is 2. The van der Waals surface area contributed by atoms with Crippen molar-refractivity contribution in [3.63, 3.8) is 0 Å². The highest BCUT2D eigenvalue weighted by Crippen LogP contribution is 2.16. The molecule has 2 aliphatic rings. The fraction of sp³-hybridized carbons (Fsp3) is 0.800. The van der Waals surface area contributed by atoms with E-state index in [1.807, 2.05) is 0 Å². The molecule has 2 fully saturated rings. The fourth-order valence-corrected chi connectivity index (χ4v) is 3.22. The number of carboxylic acids is 1. The molecule has 0 saturated carbocycles. The molecular weight excluding hydrogens is 322 g/mol. The molecule has 2 heterocycles. The smallest absolute Gasteiger partial charge is 0.320 e. The van der Waals surface area contributed by atoms with E-state index in [1.54, 1.807) is 16.7 Å². The number of halogens is 1. The molecule has 1 unspecified atom stereocenters. The van der Waals surface area contributed by atoms with Crippen LogP contribution in [0.1, 0.15) is 39.0 Å². The number of aliphatic carboxylic acids is 1. The van der Waals surface area contributed by atoms with Crippen molar-refractivity contribution in [2.24, 2.45) is 0 Å². The van der Waals surface area contributed by atoms with E-state index in [1.165, 1.54) is 0 Å². The van der Waals surface area contributed by atoms with E-state index in [2.05, 4.69) is 5.32 Å². The SMILES string of the molecule is CC(NC(=O)CN1CCC[C@H]1C(=O)O)C(=O)N1CCCCC1.Cl. The van der Waals surface area contributed by atoms with Gasteiger partial charge in [0.25, 0.3) is 0 Å². The number of carboxylic acid groups (broad SMARTS) is 1. The fourth-order valence-electron chi connectivity index (χ4n) is 3.22. The van der Waals surface area contributed by atoms with Crippen LogP contribution in [0.5, 0.6) is 0 Å². The average Bonchev–Trinajstić information content (AvgIpc) is 2.95. The van der Waals surface area contributed by atoms with Crippen LogP contribution in [-0.4, -0.2) is 71.0 Å². The molecule has 0 aromatic rings. The van der Waals surface area contributed by atoms with Crippen molar-refractivity contribution in [3.05, 3.63) is 0 Å². The van der Waals surface area contributed by atoms with Gasteiger partial charge in [0.05, 0.1) is 6.54 Å². The van der Waals surface area contributed by atoms with E-state index in [-0.39, 0.29) is 30.8 Å². The summed E-state index contributed by atoms with van der Waals surface area (Å²) in [6, 6.07) is -1.14. The Hall–Kier alpha value is -1.34. The van der Waals surface area contributed by atoms with Gasteiger partial charge in [-0.15, -0.1) is 12.4 Å². The van der Waals surface area contributed by atoms with Crippen molar-refractivity contribution >= 4 is 30.2 Å². The third-order valence-corrected chi connectivity index (χ3v) is 4.41. The van der Waals surface area contributed by atoms with Crippen LogP contribution in [0.4, 0.5) is 0 Å². The maximum Gasteiger partial charge on any atom is 0.320 e. The lowest BCUT2D eigenvalue weighted by Crippen LogP contribution is -2.51. The molecule has 0 bridgehead atoms. The second-order valence-electron chi connectivity index (χ2n) is 6.14. The van der Waals surface area contributed by atoms with Gasteiger partial charge in [-0.1, -0.05) is 0 Å². The monoisotopic (exact) mass is 347 g/mol. The first kappa shape index (κ1) is 19.7. The molecule has 132 valence electrons. The molecule has 7 nitrogen and oxygen atoms in total. The molecule has 2 amide bonds. The van der Waals surface area contributed by atoms with Gasteiger partial charge < -0.3 is 15.3 Å². The molecule has 2 saturated heterocycles. The van der Waals surface area contributed by atoms with Crippen LogP contribution in [-0.2, 0) is 14.4 Å². The maximum atomic E-state index is 12.2. The summed E-state index contributed by atoms with van der Waals surface area (Å²) in [6.07, 6.45) is 4.54. The molecule has 0 aromatic heterocycles. The normalized spacial score (nSPS) is 23.0. The summed E-state index contributed by atoms with van der Waals surface area (Å²) in [6.45, 7) is 3.85. The van der Waals surface area contributed by atoms with E-state index in [9.17, 15) is 14.4 Å². The van der Waals surface area contributed by atoms with Crippen LogP contribution in [0.3, 0.4) is 0 Å². The minimum atomic E-state index is -0.886. The van der Waals surface area contributed by atoms with Gasteiger partial charge in [0.2, 0.25) is 11.8 Å². The molecular formula is C15H26ClN3O4. The topological polar surface area (TPSA) is 90.0 Å². The number of carbonyl (C=O) groups is 3. The van der Waals surface area contributed by atoms with E-state index >= 15 is 0 Å². The first-order valence-electron chi connectivity index (χ1n) is 8.04. The van der Waals surface area contributed by atoms with Gasteiger partial charge in [0, 0.05) is 13.1 Å². The number of amides is 2. The predicted molar refractivity (Wildman–Crippen MR) is 87.5 cm³/mol. The highest BCUT2D eigenvalue weighted by molar-refractivity contribution is 5.88. The summed E-state index contributed by atoms with van der Waals surface area (Å²) < 4.78 is 0. The molecule has 2 aliphatic heterocycles. The summed E-state index contributed by atoms with van der Waals surface area (Å²) in [5, 5.41) is 11.8. The Labute approximate surface area is 142 Å². The number of piperidine rings is 1. The van der Waals surface area contributed by atoms with E-state index in [0.717, 1.165) is 38.8 Å². The van der Waals surface area contributed by atoms with E-state index in [4.69, 9.17) is 5.11 Å². The number of nitrogens with one attached hydrogen (secondary N) is 1. The number of rotatable bonds is 5. The van der Waals surface area contributed by atoms with Crippen molar-refractivity contribution < 1.29 is 19.5 Å². The standard InChI is InChI=1S/C15H25N3O4.ClH/c1-11(14(20)17-7-3-2-4-8-17)16-13(19)10-18-9-5-6-12(18)15(21)22;/h11-12H,2-10H2,1H3,(H,16,19)(H,21,22);1H/t11?,12-;/m0./s1. The zero-order valence-corrected chi connectivity index (χ0v) is 14.3. The predicted octanol–water partition coefficient (Wildman–Crippen LogP) is 0.474. The summed E-state index contributed by atoms with van der Waals surface area (Å²) >= 11 is 0. The maximum absolute atomic E-state index is 12.2. The Morgan fingerprint density at radius 1 is 1.13 bits per heavy atom. The Kier molecular flexibility index (Phi) is 7.78. The molecule has 0 spiro atoms. The molecule has 2 rings (SSSR count). The lowest BCUT2D eigenvalue weighted by atomic mass is 10.1. The molecule has 0 aliphatic carbocycles. The zero-order valence-electron chi connectivity index (χ0n) is 13.5. The van der Waals surface area contributed by atoms with Gasteiger partial charge in [-0.2, -0.15) is 0 Å². The largest absolute Gasteiger partial charge is 0.480 e. The molecule has 0 aromatic carbocycles. The number of nitrogens with zero attached hydrogens (tertiary/aromatic N) is 2. The van der Waals surface area contributed by atoms with E-state index in [0.29, 0.717) is 13.0 Å². The Bertz CT molecular complexity index is 440. The Morgan fingerprint density at radius 2 is 1.78 bits per heavy atom. The van der Waals surface area contributed by atoms with E-state index < -0.39 is 18.1 Å². The van der Waals surface area contributed by atoms with Gasteiger partial charge in [0.1, 0.15) is 12.1 Å². The summed E-state index contributed by atoms with van der Waals surface area (Å²) in [4.78, 5) is 38.8. The molecule has 0 radical (unpaired) electrons. The van der Waals surface area contributed by atoms with Gasteiger partial charge >= 0.3 is 5.97 Å². The van der Waals surface area contributed by atoms with Crippen molar-refractivity contribution in [2.45, 2.75) is 51.1 Å². The van der Waals surface area contributed by atoms with Crippen LogP contribution >= 0.6 is 12.4 Å².